The lowest BCUT2D eigenvalue weighted by Crippen LogP contribution is -2.32. The van der Waals surface area contributed by atoms with Gasteiger partial charge in [0.1, 0.15) is 0 Å². The van der Waals surface area contributed by atoms with Gasteiger partial charge in [0.15, 0.2) is 0 Å². The van der Waals surface area contributed by atoms with Crippen LogP contribution >= 0.6 is 11.8 Å². The smallest absolute Gasteiger partial charge is 0.228 e. The average molecular weight is 276 g/mol. The Morgan fingerprint density at radius 3 is 2.95 bits per heavy atom. The van der Waals surface area contributed by atoms with Crippen LogP contribution in [-0.2, 0) is 4.79 Å². The minimum atomic E-state index is 0.0394. The molecule has 1 atom stereocenters. The number of fused-ring (bicyclic) bond motifs is 1. The number of hydrogen-bond donors (Lipinski definition) is 2. The summed E-state index contributed by atoms with van der Waals surface area (Å²) in [7, 11) is 0. The molecule has 4 heteroatoms. The fourth-order valence-corrected chi connectivity index (χ4v) is 3.63. The van der Waals surface area contributed by atoms with Crippen molar-refractivity contribution in [2.45, 2.75) is 36.1 Å². The molecule has 1 amide bonds. The molecule has 1 saturated carbocycles. The Morgan fingerprint density at radius 1 is 1.26 bits per heavy atom. The van der Waals surface area contributed by atoms with Crippen molar-refractivity contribution in [3.8, 4) is 0 Å². The van der Waals surface area contributed by atoms with E-state index in [4.69, 9.17) is 0 Å². The van der Waals surface area contributed by atoms with Crippen LogP contribution in [0.2, 0.25) is 0 Å². The number of carbonyl (C=O) groups is 1. The van der Waals surface area contributed by atoms with Crippen molar-refractivity contribution in [2.75, 3.05) is 18.8 Å². The van der Waals surface area contributed by atoms with Gasteiger partial charge in [-0.3, -0.25) is 4.79 Å². The molecule has 0 saturated heterocycles. The zero-order valence-electron chi connectivity index (χ0n) is 11.0. The summed E-state index contributed by atoms with van der Waals surface area (Å²) >= 11 is 1.79. The Bertz CT molecular complexity index is 459. The highest BCUT2D eigenvalue weighted by Gasteiger charge is 2.28. The third-order valence-corrected chi connectivity index (χ3v) is 4.86. The quantitative estimate of drug-likeness (QED) is 0.782. The first kappa shape index (κ1) is 13.0. The molecule has 1 unspecified atom stereocenters. The molecule has 1 fully saturated rings. The second-order valence-electron chi connectivity index (χ2n) is 5.27. The Labute approximate surface area is 118 Å². The summed E-state index contributed by atoms with van der Waals surface area (Å²) in [5.74, 6) is 1.10. The highest BCUT2D eigenvalue weighted by atomic mass is 32.2. The highest BCUT2D eigenvalue weighted by molar-refractivity contribution is 7.99. The summed E-state index contributed by atoms with van der Waals surface area (Å²) in [6.45, 7) is 1.79. The van der Waals surface area contributed by atoms with Crippen molar-refractivity contribution in [1.29, 1.82) is 0 Å². The molecule has 3 nitrogen and oxygen atoms in total. The summed E-state index contributed by atoms with van der Waals surface area (Å²) < 4.78 is 0. The molecule has 1 aliphatic heterocycles. The monoisotopic (exact) mass is 276 g/mol. The van der Waals surface area contributed by atoms with E-state index in [2.05, 4.69) is 22.8 Å². The Morgan fingerprint density at radius 2 is 2.11 bits per heavy atom. The third-order valence-electron chi connectivity index (χ3n) is 3.68. The molecule has 1 heterocycles. The zero-order valence-corrected chi connectivity index (χ0v) is 11.8. The predicted molar refractivity (Wildman–Crippen MR) is 78.6 cm³/mol. The topological polar surface area (TPSA) is 41.1 Å². The van der Waals surface area contributed by atoms with Gasteiger partial charge in [-0.2, -0.15) is 0 Å². The molecular weight excluding hydrogens is 256 g/mol. The van der Waals surface area contributed by atoms with Crippen LogP contribution in [0.3, 0.4) is 0 Å². The van der Waals surface area contributed by atoms with E-state index in [0.29, 0.717) is 0 Å². The zero-order chi connectivity index (χ0) is 13.1. The van der Waals surface area contributed by atoms with Crippen molar-refractivity contribution >= 4 is 17.7 Å². The van der Waals surface area contributed by atoms with Crippen LogP contribution in [0.5, 0.6) is 0 Å². The van der Waals surface area contributed by atoms with Crippen LogP contribution in [0.15, 0.2) is 29.2 Å². The Kier molecular flexibility index (Phi) is 4.09. The maximum Gasteiger partial charge on any atom is 0.228 e. The van der Waals surface area contributed by atoms with Crippen molar-refractivity contribution in [3.05, 3.63) is 29.8 Å². The molecule has 1 aliphatic carbocycles. The predicted octanol–water partition coefficient (Wildman–Crippen LogP) is 2.13. The summed E-state index contributed by atoms with van der Waals surface area (Å²) in [5, 5.41) is 6.53. The van der Waals surface area contributed by atoms with Crippen LogP contribution in [0.25, 0.3) is 0 Å². The van der Waals surface area contributed by atoms with Crippen molar-refractivity contribution in [2.24, 2.45) is 0 Å². The summed E-state index contributed by atoms with van der Waals surface area (Å²) in [4.78, 5) is 13.4. The maximum absolute atomic E-state index is 12.2. The van der Waals surface area contributed by atoms with E-state index < -0.39 is 0 Å². The molecule has 1 aromatic rings. The number of rotatable bonds is 6. The lowest BCUT2D eigenvalue weighted by molar-refractivity contribution is -0.122. The number of amides is 1. The fraction of sp³-hybridized carbons (Fsp3) is 0.533. The van der Waals surface area contributed by atoms with E-state index in [1.807, 2.05) is 12.1 Å². The SMILES string of the molecule is O=C(NCCCNC1CC1)C1CSc2ccccc21. The van der Waals surface area contributed by atoms with Crippen molar-refractivity contribution < 1.29 is 4.79 Å². The third kappa shape index (κ3) is 3.31. The van der Waals surface area contributed by atoms with Gasteiger partial charge in [0.2, 0.25) is 5.91 Å². The number of carbonyl (C=O) groups excluding carboxylic acids is 1. The number of hydrogen-bond acceptors (Lipinski definition) is 3. The van der Waals surface area contributed by atoms with E-state index in [-0.39, 0.29) is 11.8 Å². The lowest BCUT2D eigenvalue weighted by atomic mass is 10.0. The second kappa shape index (κ2) is 5.97. The number of benzene rings is 1. The highest BCUT2D eigenvalue weighted by Crippen LogP contribution is 2.39. The van der Waals surface area contributed by atoms with Gasteiger partial charge in [0.25, 0.3) is 0 Å². The molecular formula is C15H20N2OS. The van der Waals surface area contributed by atoms with Crippen LogP contribution < -0.4 is 10.6 Å². The molecule has 0 aromatic heterocycles. The van der Waals surface area contributed by atoms with Gasteiger partial charge in [0, 0.05) is 23.2 Å². The van der Waals surface area contributed by atoms with Crippen LogP contribution in [-0.4, -0.2) is 30.8 Å². The molecule has 19 heavy (non-hydrogen) atoms. The van der Waals surface area contributed by atoms with Gasteiger partial charge in [-0.05, 0) is 37.4 Å². The summed E-state index contributed by atoms with van der Waals surface area (Å²) in [6, 6.07) is 9.00. The minimum absolute atomic E-state index is 0.0394. The largest absolute Gasteiger partial charge is 0.355 e. The van der Waals surface area contributed by atoms with Crippen LogP contribution in [0.4, 0.5) is 0 Å². The Balaban J connectivity index is 1.43. The summed E-state index contributed by atoms with van der Waals surface area (Å²) in [5.41, 5.74) is 1.20. The van der Waals surface area contributed by atoms with Gasteiger partial charge >= 0.3 is 0 Å². The molecule has 0 radical (unpaired) electrons. The first-order chi connectivity index (χ1) is 9.34. The minimum Gasteiger partial charge on any atom is -0.355 e. The van der Waals surface area contributed by atoms with E-state index in [1.165, 1.54) is 23.3 Å². The first-order valence-electron chi connectivity index (χ1n) is 7.07. The van der Waals surface area contributed by atoms with E-state index in [9.17, 15) is 4.79 Å². The van der Waals surface area contributed by atoms with Gasteiger partial charge < -0.3 is 10.6 Å². The van der Waals surface area contributed by atoms with Gasteiger partial charge in [-0.25, -0.2) is 0 Å². The van der Waals surface area contributed by atoms with E-state index in [0.717, 1.165) is 31.3 Å². The Hall–Kier alpha value is -1.00. The second-order valence-corrected chi connectivity index (χ2v) is 6.34. The normalized spacial score (nSPS) is 21.2. The summed E-state index contributed by atoms with van der Waals surface area (Å²) in [6.07, 6.45) is 3.66. The molecule has 0 spiro atoms. The van der Waals surface area contributed by atoms with Gasteiger partial charge in [-0.1, -0.05) is 18.2 Å². The molecule has 2 aliphatic rings. The lowest BCUT2D eigenvalue weighted by Gasteiger charge is -2.11. The van der Waals surface area contributed by atoms with E-state index in [1.54, 1.807) is 11.8 Å². The molecule has 1 aromatic carbocycles. The first-order valence-corrected chi connectivity index (χ1v) is 8.06. The standard InChI is InChI=1S/C15H20N2OS/c18-15(17-9-3-8-16-11-6-7-11)13-10-19-14-5-2-1-4-12(13)14/h1-2,4-5,11,13,16H,3,6-10H2,(H,17,18). The van der Waals surface area contributed by atoms with E-state index >= 15 is 0 Å². The number of thioether (sulfide) groups is 1. The molecule has 3 rings (SSSR count). The van der Waals surface area contributed by atoms with Crippen LogP contribution in [0, 0.1) is 0 Å². The van der Waals surface area contributed by atoms with Crippen LogP contribution in [0.1, 0.15) is 30.7 Å². The van der Waals surface area contributed by atoms with Crippen molar-refractivity contribution in [1.82, 2.24) is 10.6 Å². The van der Waals surface area contributed by atoms with Crippen molar-refractivity contribution in [3.63, 3.8) is 0 Å². The van der Waals surface area contributed by atoms with Gasteiger partial charge in [0.05, 0.1) is 5.92 Å². The average Bonchev–Trinajstić information content (AvgIpc) is 3.15. The molecule has 0 bridgehead atoms. The fourth-order valence-electron chi connectivity index (χ4n) is 2.40. The maximum atomic E-state index is 12.2. The van der Waals surface area contributed by atoms with Gasteiger partial charge in [-0.15, -0.1) is 11.8 Å². The number of nitrogens with one attached hydrogen (secondary N) is 2. The molecule has 102 valence electrons. The molecule has 2 N–H and O–H groups in total.